The fourth-order valence-electron chi connectivity index (χ4n) is 4.50. The van der Waals surface area contributed by atoms with Crippen molar-refractivity contribution in [3.8, 4) is 0 Å². The highest BCUT2D eigenvalue weighted by Crippen LogP contribution is 2.59. The van der Waals surface area contributed by atoms with Crippen LogP contribution in [-0.4, -0.2) is 48.9 Å². The van der Waals surface area contributed by atoms with Crippen LogP contribution in [0, 0.1) is 11.3 Å². The maximum absolute atomic E-state index is 12.8. The standard InChI is InChI=1S/C20H27N3O2.ClH/c24-18(15-4-2-1-3-5-15)22-16-6-12-23(13-7-16)19(25)17-14-20(17)8-10-21-11-9-20;/h1-5,16-17,21H,6-14H2,(H,22,24);1H. The first-order valence-corrected chi connectivity index (χ1v) is 9.53. The molecule has 1 unspecified atom stereocenters. The van der Waals surface area contributed by atoms with Crippen LogP contribution in [0.2, 0.25) is 0 Å². The molecule has 4 rings (SSSR count). The molecular formula is C20H28ClN3O2. The highest BCUT2D eigenvalue weighted by atomic mass is 35.5. The van der Waals surface area contributed by atoms with Crippen LogP contribution >= 0.6 is 12.4 Å². The normalized spacial score (nSPS) is 24.6. The van der Waals surface area contributed by atoms with Crippen LogP contribution in [0.1, 0.15) is 42.5 Å². The molecule has 1 saturated carbocycles. The lowest BCUT2D eigenvalue weighted by Gasteiger charge is -2.33. The average Bonchev–Trinajstić information content (AvgIpc) is 3.35. The van der Waals surface area contributed by atoms with E-state index in [1.807, 2.05) is 35.2 Å². The number of halogens is 1. The molecule has 2 saturated heterocycles. The van der Waals surface area contributed by atoms with Gasteiger partial charge in [-0.05, 0) is 62.7 Å². The second kappa shape index (κ2) is 7.97. The molecular weight excluding hydrogens is 350 g/mol. The van der Waals surface area contributed by atoms with Gasteiger partial charge in [0.15, 0.2) is 0 Å². The molecule has 1 aromatic rings. The molecule has 6 heteroatoms. The minimum absolute atomic E-state index is 0. The second-order valence-electron chi connectivity index (χ2n) is 7.81. The van der Waals surface area contributed by atoms with Crippen molar-refractivity contribution in [2.75, 3.05) is 26.2 Å². The van der Waals surface area contributed by atoms with Crippen LogP contribution in [0.15, 0.2) is 30.3 Å². The number of nitrogens with one attached hydrogen (secondary N) is 2. The fourth-order valence-corrected chi connectivity index (χ4v) is 4.50. The first-order valence-electron chi connectivity index (χ1n) is 9.53. The molecule has 1 aromatic carbocycles. The van der Waals surface area contributed by atoms with Crippen LogP contribution < -0.4 is 10.6 Å². The van der Waals surface area contributed by atoms with E-state index in [2.05, 4.69) is 10.6 Å². The molecule has 2 amide bonds. The van der Waals surface area contributed by atoms with Gasteiger partial charge in [0.05, 0.1) is 0 Å². The molecule has 3 aliphatic rings. The summed E-state index contributed by atoms with van der Waals surface area (Å²) in [5.41, 5.74) is 1.01. The summed E-state index contributed by atoms with van der Waals surface area (Å²) in [4.78, 5) is 27.1. The number of carbonyl (C=O) groups excluding carboxylic acids is 2. The van der Waals surface area contributed by atoms with Crippen LogP contribution in [0.4, 0.5) is 0 Å². The number of piperidine rings is 2. The van der Waals surface area contributed by atoms with Gasteiger partial charge in [-0.2, -0.15) is 0 Å². The third-order valence-corrected chi connectivity index (χ3v) is 6.26. The Morgan fingerprint density at radius 2 is 1.73 bits per heavy atom. The summed E-state index contributed by atoms with van der Waals surface area (Å²) in [6.45, 7) is 3.64. The molecule has 2 heterocycles. The summed E-state index contributed by atoms with van der Waals surface area (Å²) in [7, 11) is 0. The Morgan fingerprint density at radius 1 is 1.08 bits per heavy atom. The van der Waals surface area contributed by atoms with Crippen molar-refractivity contribution in [2.45, 2.75) is 38.1 Å². The predicted octanol–water partition coefficient (Wildman–Crippen LogP) is 2.22. The summed E-state index contributed by atoms with van der Waals surface area (Å²) < 4.78 is 0. The lowest BCUT2D eigenvalue weighted by Crippen LogP contribution is -2.47. The van der Waals surface area contributed by atoms with Gasteiger partial charge in [0.25, 0.3) is 5.91 Å². The van der Waals surface area contributed by atoms with E-state index in [-0.39, 0.29) is 30.3 Å². The minimum Gasteiger partial charge on any atom is -0.349 e. The number of nitrogens with zero attached hydrogens (tertiary/aromatic N) is 1. The first kappa shape index (κ1) is 19.2. The van der Waals surface area contributed by atoms with Crippen molar-refractivity contribution >= 4 is 24.2 Å². The van der Waals surface area contributed by atoms with Crippen molar-refractivity contribution in [3.05, 3.63) is 35.9 Å². The van der Waals surface area contributed by atoms with Gasteiger partial charge in [0.1, 0.15) is 0 Å². The molecule has 5 nitrogen and oxygen atoms in total. The molecule has 2 aliphatic heterocycles. The third-order valence-electron chi connectivity index (χ3n) is 6.26. The monoisotopic (exact) mass is 377 g/mol. The average molecular weight is 378 g/mol. The van der Waals surface area contributed by atoms with Gasteiger partial charge in [0, 0.05) is 30.6 Å². The van der Waals surface area contributed by atoms with E-state index < -0.39 is 0 Å². The highest BCUT2D eigenvalue weighted by molar-refractivity contribution is 5.94. The Hall–Kier alpha value is -1.59. The van der Waals surface area contributed by atoms with Gasteiger partial charge in [0.2, 0.25) is 5.91 Å². The molecule has 142 valence electrons. The molecule has 2 N–H and O–H groups in total. The lowest BCUT2D eigenvalue weighted by molar-refractivity contribution is -0.134. The van der Waals surface area contributed by atoms with E-state index in [1.54, 1.807) is 0 Å². The summed E-state index contributed by atoms with van der Waals surface area (Å²) in [6, 6.07) is 9.50. The van der Waals surface area contributed by atoms with Gasteiger partial charge >= 0.3 is 0 Å². The number of carbonyl (C=O) groups is 2. The zero-order valence-corrected chi connectivity index (χ0v) is 15.9. The van der Waals surface area contributed by atoms with E-state index in [9.17, 15) is 9.59 Å². The Labute approximate surface area is 161 Å². The summed E-state index contributed by atoms with van der Waals surface area (Å²) >= 11 is 0. The summed E-state index contributed by atoms with van der Waals surface area (Å²) in [5, 5.41) is 6.50. The van der Waals surface area contributed by atoms with Crippen LogP contribution in [0.3, 0.4) is 0 Å². The number of hydrogen-bond donors (Lipinski definition) is 2. The maximum atomic E-state index is 12.8. The Morgan fingerprint density at radius 3 is 2.38 bits per heavy atom. The Bertz CT molecular complexity index is 638. The third kappa shape index (κ3) is 3.89. The summed E-state index contributed by atoms with van der Waals surface area (Å²) in [6.07, 6.45) is 5.08. The number of benzene rings is 1. The van der Waals surface area contributed by atoms with Gasteiger partial charge in [-0.1, -0.05) is 18.2 Å². The van der Waals surface area contributed by atoms with Crippen LogP contribution in [0.5, 0.6) is 0 Å². The number of likely N-dealkylation sites (tertiary alicyclic amines) is 1. The number of amides is 2. The van der Waals surface area contributed by atoms with Gasteiger partial charge in [-0.3, -0.25) is 9.59 Å². The molecule has 1 atom stereocenters. The van der Waals surface area contributed by atoms with E-state index in [4.69, 9.17) is 0 Å². The Balaban J connectivity index is 0.00000196. The van der Waals surface area contributed by atoms with Crippen molar-refractivity contribution < 1.29 is 9.59 Å². The molecule has 1 spiro atoms. The van der Waals surface area contributed by atoms with Crippen molar-refractivity contribution in [2.24, 2.45) is 11.3 Å². The van der Waals surface area contributed by atoms with E-state index in [0.29, 0.717) is 16.9 Å². The molecule has 1 aliphatic carbocycles. The van der Waals surface area contributed by atoms with Crippen LogP contribution in [-0.2, 0) is 4.79 Å². The van der Waals surface area contributed by atoms with Crippen molar-refractivity contribution in [3.63, 3.8) is 0 Å². The molecule has 0 bridgehead atoms. The first-order chi connectivity index (χ1) is 12.2. The molecule has 26 heavy (non-hydrogen) atoms. The van der Waals surface area contributed by atoms with E-state index >= 15 is 0 Å². The largest absolute Gasteiger partial charge is 0.349 e. The van der Waals surface area contributed by atoms with E-state index in [1.165, 1.54) is 0 Å². The molecule has 0 aromatic heterocycles. The van der Waals surface area contributed by atoms with Gasteiger partial charge < -0.3 is 15.5 Å². The maximum Gasteiger partial charge on any atom is 0.251 e. The zero-order chi connectivity index (χ0) is 17.3. The molecule has 3 fully saturated rings. The lowest BCUT2D eigenvalue weighted by atomic mass is 9.91. The SMILES string of the molecule is Cl.O=C(NC1CCN(C(=O)C2CC23CCNCC3)CC1)c1ccccc1. The second-order valence-corrected chi connectivity index (χ2v) is 7.81. The fraction of sp³-hybridized carbons (Fsp3) is 0.600. The zero-order valence-electron chi connectivity index (χ0n) is 15.1. The van der Waals surface area contributed by atoms with Gasteiger partial charge in [-0.15, -0.1) is 12.4 Å². The summed E-state index contributed by atoms with van der Waals surface area (Å²) in [5.74, 6) is 0.598. The van der Waals surface area contributed by atoms with Crippen molar-refractivity contribution in [1.82, 2.24) is 15.5 Å². The van der Waals surface area contributed by atoms with Crippen molar-refractivity contribution in [1.29, 1.82) is 0 Å². The molecule has 0 radical (unpaired) electrons. The van der Waals surface area contributed by atoms with E-state index in [0.717, 1.165) is 58.3 Å². The topological polar surface area (TPSA) is 61.4 Å². The Kier molecular flexibility index (Phi) is 5.88. The highest BCUT2D eigenvalue weighted by Gasteiger charge is 2.58. The number of rotatable bonds is 3. The smallest absolute Gasteiger partial charge is 0.251 e. The van der Waals surface area contributed by atoms with Gasteiger partial charge in [-0.25, -0.2) is 0 Å². The predicted molar refractivity (Wildman–Crippen MR) is 103 cm³/mol. The number of hydrogen-bond acceptors (Lipinski definition) is 3. The quantitative estimate of drug-likeness (QED) is 0.849. The van der Waals surface area contributed by atoms with Crippen LogP contribution in [0.25, 0.3) is 0 Å². The minimum atomic E-state index is -0.0128.